The molecule has 0 saturated carbocycles. The summed E-state index contributed by atoms with van der Waals surface area (Å²) < 4.78 is 2.21. The fraction of sp³-hybridized carbons (Fsp3) is 0.625. The van der Waals surface area contributed by atoms with Gasteiger partial charge in [0.15, 0.2) is 0 Å². The van der Waals surface area contributed by atoms with Gasteiger partial charge in [0, 0.05) is 50.4 Å². The van der Waals surface area contributed by atoms with Crippen LogP contribution in [0.4, 0.5) is 0 Å². The van der Waals surface area contributed by atoms with Crippen LogP contribution < -0.4 is 5.32 Å². The molecule has 0 bridgehead atoms. The zero-order chi connectivity index (χ0) is 15.4. The van der Waals surface area contributed by atoms with E-state index in [9.17, 15) is 9.59 Å². The van der Waals surface area contributed by atoms with Crippen molar-refractivity contribution in [1.82, 2.24) is 14.8 Å². The summed E-state index contributed by atoms with van der Waals surface area (Å²) in [4.78, 5) is 25.2. The highest BCUT2D eigenvalue weighted by molar-refractivity contribution is 5.79. The number of nitrogens with zero attached hydrogens (tertiary/aromatic N) is 2. The number of likely N-dealkylation sites (tertiary alicyclic amines) is 1. The molecule has 1 N–H and O–H groups in total. The Balaban J connectivity index is 1.74. The molecule has 2 rings (SSSR count). The molecule has 1 aliphatic heterocycles. The number of piperidine rings is 1. The maximum Gasteiger partial charge on any atom is 0.223 e. The van der Waals surface area contributed by atoms with Crippen LogP contribution in [0.1, 0.15) is 31.2 Å². The van der Waals surface area contributed by atoms with E-state index in [0.717, 1.165) is 19.4 Å². The first-order valence-electron chi connectivity index (χ1n) is 7.65. The van der Waals surface area contributed by atoms with E-state index in [4.69, 9.17) is 0 Å². The van der Waals surface area contributed by atoms with Crippen LogP contribution in [-0.2, 0) is 16.1 Å². The summed E-state index contributed by atoms with van der Waals surface area (Å²) in [7, 11) is 0. The van der Waals surface area contributed by atoms with E-state index >= 15 is 0 Å². The summed E-state index contributed by atoms with van der Waals surface area (Å²) in [6, 6.07) is 4.18. The highest BCUT2D eigenvalue weighted by atomic mass is 16.2. The monoisotopic (exact) mass is 291 g/mol. The molecule has 5 heteroatoms. The van der Waals surface area contributed by atoms with Crippen molar-refractivity contribution in [2.75, 3.05) is 19.6 Å². The zero-order valence-electron chi connectivity index (χ0n) is 13.2. The van der Waals surface area contributed by atoms with Gasteiger partial charge in [0.25, 0.3) is 0 Å². The van der Waals surface area contributed by atoms with Gasteiger partial charge in [0.2, 0.25) is 11.8 Å². The maximum atomic E-state index is 12.1. The van der Waals surface area contributed by atoms with Crippen molar-refractivity contribution in [3.05, 3.63) is 23.5 Å². The number of aryl methyl sites for hydroxylation is 2. The third kappa shape index (κ3) is 3.86. The normalized spacial score (nSPS) is 16.0. The largest absolute Gasteiger partial charge is 0.354 e. The Kier molecular flexibility index (Phi) is 5.04. The Bertz CT molecular complexity index is 494. The minimum atomic E-state index is 0.0486. The average molecular weight is 291 g/mol. The molecule has 0 spiro atoms. The molecule has 1 saturated heterocycles. The Hall–Kier alpha value is -1.78. The van der Waals surface area contributed by atoms with Crippen LogP contribution in [0.5, 0.6) is 0 Å². The minimum absolute atomic E-state index is 0.0486. The molecule has 0 atom stereocenters. The number of hydrogen-bond donors (Lipinski definition) is 1. The quantitative estimate of drug-likeness (QED) is 0.913. The van der Waals surface area contributed by atoms with Gasteiger partial charge in [-0.05, 0) is 38.8 Å². The number of aromatic nitrogens is 1. The molecule has 1 aromatic heterocycles. The van der Waals surface area contributed by atoms with Crippen molar-refractivity contribution >= 4 is 11.8 Å². The SMILES string of the molecule is CC(=O)N1CCC(C(=O)NCCn2c(C)ccc2C)CC1. The molecule has 0 radical (unpaired) electrons. The lowest BCUT2D eigenvalue weighted by molar-refractivity contribution is -0.133. The van der Waals surface area contributed by atoms with Gasteiger partial charge in [0.1, 0.15) is 0 Å². The molecular weight excluding hydrogens is 266 g/mol. The van der Waals surface area contributed by atoms with Gasteiger partial charge in [-0.25, -0.2) is 0 Å². The fourth-order valence-corrected chi connectivity index (χ4v) is 2.94. The predicted octanol–water partition coefficient (Wildman–Crippen LogP) is 1.48. The Morgan fingerprint density at radius 3 is 2.29 bits per heavy atom. The van der Waals surface area contributed by atoms with E-state index in [2.05, 4.69) is 35.9 Å². The second-order valence-electron chi connectivity index (χ2n) is 5.84. The average Bonchev–Trinajstić information content (AvgIpc) is 2.79. The topological polar surface area (TPSA) is 54.3 Å². The van der Waals surface area contributed by atoms with Gasteiger partial charge >= 0.3 is 0 Å². The van der Waals surface area contributed by atoms with Crippen LogP contribution in [0.3, 0.4) is 0 Å². The summed E-state index contributed by atoms with van der Waals surface area (Å²) >= 11 is 0. The lowest BCUT2D eigenvalue weighted by atomic mass is 9.96. The molecule has 0 aliphatic carbocycles. The molecule has 0 aromatic carbocycles. The third-order valence-electron chi connectivity index (χ3n) is 4.36. The lowest BCUT2D eigenvalue weighted by Gasteiger charge is -2.30. The molecule has 2 amide bonds. The second-order valence-corrected chi connectivity index (χ2v) is 5.84. The summed E-state index contributed by atoms with van der Waals surface area (Å²) in [6.07, 6.45) is 1.54. The number of amides is 2. The van der Waals surface area contributed by atoms with Crippen molar-refractivity contribution in [2.45, 2.75) is 40.2 Å². The van der Waals surface area contributed by atoms with Crippen molar-refractivity contribution in [2.24, 2.45) is 5.92 Å². The molecule has 1 fully saturated rings. The first-order valence-corrected chi connectivity index (χ1v) is 7.65. The van der Waals surface area contributed by atoms with Gasteiger partial charge < -0.3 is 14.8 Å². The fourth-order valence-electron chi connectivity index (χ4n) is 2.94. The molecular formula is C16H25N3O2. The van der Waals surface area contributed by atoms with Crippen molar-refractivity contribution < 1.29 is 9.59 Å². The van der Waals surface area contributed by atoms with E-state index in [1.165, 1.54) is 11.4 Å². The maximum absolute atomic E-state index is 12.1. The Labute approximate surface area is 126 Å². The molecule has 2 heterocycles. The Morgan fingerprint density at radius 2 is 1.76 bits per heavy atom. The van der Waals surface area contributed by atoms with Crippen LogP contribution in [0, 0.1) is 19.8 Å². The van der Waals surface area contributed by atoms with Crippen molar-refractivity contribution in [1.29, 1.82) is 0 Å². The smallest absolute Gasteiger partial charge is 0.223 e. The Morgan fingerprint density at radius 1 is 1.19 bits per heavy atom. The minimum Gasteiger partial charge on any atom is -0.354 e. The summed E-state index contributed by atoms with van der Waals surface area (Å²) in [5, 5.41) is 3.03. The summed E-state index contributed by atoms with van der Waals surface area (Å²) in [5.41, 5.74) is 2.44. The number of rotatable bonds is 4. The predicted molar refractivity (Wildman–Crippen MR) is 81.9 cm³/mol. The highest BCUT2D eigenvalue weighted by Gasteiger charge is 2.25. The van der Waals surface area contributed by atoms with Crippen LogP contribution >= 0.6 is 0 Å². The number of carbonyl (C=O) groups is 2. The molecule has 5 nitrogen and oxygen atoms in total. The third-order valence-corrected chi connectivity index (χ3v) is 4.36. The van der Waals surface area contributed by atoms with Crippen LogP contribution in [0.15, 0.2) is 12.1 Å². The van der Waals surface area contributed by atoms with E-state index in [1.807, 2.05) is 4.90 Å². The molecule has 21 heavy (non-hydrogen) atoms. The zero-order valence-corrected chi connectivity index (χ0v) is 13.2. The van der Waals surface area contributed by atoms with E-state index in [-0.39, 0.29) is 17.7 Å². The number of carbonyl (C=O) groups excluding carboxylic acids is 2. The van der Waals surface area contributed by atoms with Gasteiger partial charge in [-0.2, -0.15) is 0 Å². The van der Waals surface area contributed by atoms with E-state index < -0.39 is 0 Å². The van der Waals surface area contributed by atoms with Gasteiger partial charge in [-0.3, -0.25) is 9.59 Å². The van der Waals surface area contributed by atoms with Crippen LogP contribution in [0.25, 0.3) is 0 Å². The molecule has 0 unspecified atom stereocenters. The number of nitrogens with one attached hydrogen (secondary N) is 1. The van der Waals surface area contributed by atoms with Gasteiger partial charge in [-0.15, -0.1) is 0 Å². The number of hydrogen-bond acceptors (Lipinski definition) is 2. The van der Waals surface area contributed by atoms with Crippen molar-refractivity contribution in [3.8, 4) is 0 Å². The molecule has 1 aliphatic rings. The van der Waals surface area contributed by atoms with Crippen LogP contribution in [-0.4, -0.2) is 40.9 Å². The summed E-state index contributed by atoms with van der Waals surface area (Å²) in [5.74, 6) is 0.278. The van der Waals surface area contributed by atoms with E-state index in [0.29, 0.717) is 19.6 Å². The standard InChI is InChI=1S/C16H25N3O2/c1-12-4-5-13(2)19(12)11-8-17-16(21)15-6-9-18(10-7-15)14(3)20/h4-5,15H,6-11H2,1-3H3,(H,17,21). The van der Waals surface area contributed by atoms with Gasteiger partial charge in [-0.1, -0.05) is 0 Å². The summed E-state index contributed by atoms with van der Waals surface area (Å²) in [6.45, 7) is 8.60. The molecule has 116 valence electrons. The van der Waals surface area contributed by atoms with Crippen LogP contribution in [0.2, 0.25) is 0 Å². The lowest BCUT2D eigenvalue weighted by Crippen LogP contribution is -2.42. The highest BCUT2D eigenvalue weighted by Crippen LogP contribution is 2.17. The van der Waals surface area contributed by atoms with E-state index in [1.54, 1.807) is 6.92 Å². The molecule has 1 aromatic rings. The van der Waals surface area contributed by atoms with Crippen molar-refractivity contribution in [3.63, 3.8) is 0 Å². The van der Waals surface area contributed by atoms with Gasteiger partial charge in [0.05, 0.1) is 0 Å². The first kappa shape index (κ1) is 15.6. The first-order chi connectivity index (χ1) is 9.99. The second kappa shape index (κ2) is 6.78.